The Balaban J connectivity index is 1.40. The zero-order chi connectivity index (χ0) is 32.5. The van der Waals surface area contributed by atoms with Crippen LogP contribution in [-0.2, 0) is 27.4 Å². The number of azide groups is 3. The fourth-order valence-electron chi connectivity index (χ4n) is 6.28. The van der Waals surface area contributed by atoms with E-state index in [0.717, 1.165) is 24.0 Å². The Morgan fingerprint density at radius 1 is 0.848 bits per heavy atom. The second-order valence-corrected chi connectivity index (χ2v) is 11.7. The van der Waals surface area contributed by atoms with Crippen molar-refractivity contribution in [2.45, 2.75) is 100 Å². The Morgan fingerprint density at radius 2 is 1.46 bits per heavy atom. The van der Waals surface area contributed by atoms with Crippen molar-refractivity contribution in [3.8, 4) is 0 Å². The van der Waals surface area contributed by atoms with Gasteiger partial charge >= 0.3 is 6.09 Å². The molecule has 1 aliphatic heterocycles. The number of carbonyl (C=O) groups is 1. The maximum atomic E-state index is 13.8. The molecular formula is C30H36N10O6. The lowest BCUT2D eigenvalue weighted by atomic mass is 9.84. The minimum Gasteiger partial charge on any atom is -0.445 e. The van der Waals surface area contributed by atoms with Gasteiger partial charge in [0.15, 0.2) is 6.29 Å². The number of nitrogens with zero attached hydrogens (tertiary/aromatic N) is 10. The molecule has 1 amide bonds. The minimum atomic E-state index is -1.60. The summed E-state index contributed by atoms with van der Waals surface area (Å²) >= 11 is 0. The molecule has 1 heterocycles. The van der Waals surface area contributed by atoms with Gasteiger partial charge < -0.3 is 24.4 Å². The number of hydrogen-bond donors (Lipinski definition) is 2. The van der Waals surface area contributed by atoms with E-state index in [-0.39, 0.29) is 25.5 Å². The van der Waals surface area contributed by atoms with Gasteiger partial charge in [-0.3, -0.25) is 4.90 Å². The van der Waals surface area contributed by atoms with Crippen molar-refractivity contribution >= 4 is 6.09 Å². The van der Waals surface area contributed by atoms with E-state index < -0.39 is 61.0 Å². The van der Waals surface area contributed by atoms with Crippen molar-refractivity contribution in [3.05, 3.63) is 103 Å². The van der Waals surface area contributed by atoms with Gasteiger partial charge in [-0.05, 0) is 65.7 Å². The fourth-order valence-corrected chi connectivity index (χ4v) is 6.28. The highest BCUT2D eigenvalue weighted by atomic mass is 16.7. The highest BCUT2D eigenvalue weighted by Gasteiger charge is 2.49. The molecule has 3 fully saturated rings. The standard InChI is InChI=1S/C30H36N10O6/c31-37-34-21-13-14-24(45-29(21)46-28-23(36-39-33)15-22(35-38-32)26(41)27(28)42)25(20-11-12-20)40(16-18-7-3-1-4-8-18)30(43)44-17-19-9-5-2-6-10-19/h1-10,20-29,41-42H,11-17H2/t21-,22-,23+,24?,25-,26+,27-,28-,29-/m1/s1. The Hall–Kier alpha value is -4.52. The molecule has 3 aliphatic rings. The monoisotopic (exact) mass is 632 g/mol. The molecule has 0 bridgehead atoms. The van der Waals surface area contributed by atoms with E-state index in [1.54, 1.807) is 4.90 Å². The predicted molar refractivity (Wildman–Crippen MR) is 163 cm³/mol. The van der Waals surface area contributed by atoms with Crippen LogP contribution < -0.4 is 0 Å². The van der Waals surface area contributed by atoms with Crippen molar-refractivity contribution in [3.63, 3.8) is 0 Å². The van der Waals surface area contributed by atoms with Crippen molar-refractivity contribution in [1.82, 2.24) is 4.90 Å². The number of hydrogen-bond acceptors (Lipinski definition) is 9. The fraction of sp³-hybridized carbons (Fsp3) is 0.567. The summed E-state index contributed by atoms with van der Waals surface area (Å²) in [4.78, 5) is 24.0. The van der Waals surface area contributed by atoms with Gasteiger partial charge in [-0.15, -0.1) is 0 Å². The van der Waals surface area contributed by atoms with E-state index in [4.69, 9.17) is 19.7 Å². The summed E-state index contributed by atoms with van der Waals surface area (Å²) in [7, 11) is 0. The minimum absolute atomic E-state index is 0.0812. The Labute approximate surface area is 264 Å². The van der Waals surface area contributed by atoms with Gasteiger partial charge in [0.1, 0.15) is 12.7 Å². The van der Waals surface area contributed by atoms with Crippen LogP contribution in [0.5, 0.6) is 0 Å². The number of aliphatic hydroxyl groups excluding tert-OH is 2. The first-order valence-electron chi connectivity index (χ1n) is 15.2. The molecule has 242 valence electrons. The van der Waals surface area contributed by atoms with Gasteiger partial charge in [0.05, 0.1) is 42.5 Å². The summed E-state index contributed by atoms with van der Waals surface area (Å²) in [6, 6.07) is 15.7. The van der Waals surface area contributed by atoms with Crippen molar-refractivity contribution in [2.24, 2.45) is 21.3 Å². The SMILES string of the molecule is [N-]=[N+]=N[C@H]1C[C@@H](N=[N+]=[N-])[C@H](O)[C@@H](O)[C@@H]1O[C@H]1OC([C@@H](C2CC2)N(Cc2ccccc2)C(=O)OCc2ccccc2)CC[C@H]1N=[N+]=[N-]. The second kappa shape index (κ2) is 15.7. The Kier molecular flexibility index (Phi) is 11.2. The summed E-state index contributed by atoms with van der Waals surface area (Å²) in [6.45, 7) is 0.367. The van der Waals surface area contributed by atoms with Gasteiger partial charge in [0, 0.05) is 21.3 Å². The lowest BCUT2D eigenvalue weighted by molar-refractivity contribution is -0.261. The third kappa shape index (κ3) is 8.00. The number of carbonyl (C=O) groups excluding carboxylic acids is 1. The first kappa shape index (κ1) is 32.9. The van der Waals surface area contributed by atoms with Crippen molar-refractivity contribution in [2.75, 3.05) is 0 Å². The number of amides is 1. The molecule has 0 aromatic heterocycles. The molecule has 2 aliphatic carbocycles. The molecule has 2 aromatic carbocycles. The molecule has 46 heavy (non-hydrogen) atoms. The van der Waals surface area contributed by atoms with E-state index in [0.29, 0.717) is 12.8 Å². The van der Waals surface area contributed by atoms with Crippen LogP contribution in [0.25, 0.3) is 31.3 Å². The van der Waals surface area contributed by atoms with Crippen LogP contribution >= 0.6 is 0 Å². The van der Waals surface area contributed by atoms with Crippen LogP contribution in [0.2, 0.25) is 0 Å². The maximum absolute atomic E-state index is 13.8. The third-order valence-electron chi connectivity index (χ3n) is 8.69. The molecule has 1 unspecified atom stereocenters. The number of benzene rings is 2. The van der Waals surface area contributed by atoms with Gasteiger partial charge in [-0.1, -0.05) is 76.0 Å². The van der Waals surface area contributed by atoms with E-state index in [1.165, 1.54) is 0 Å². The zero-order valence-electron chi connectivity index (χ0n) is 25.0. The average molecular weight is 633 g/mol. The normalized spacial score (nSPS) is 29.6. The zero-order valence-corrected chi connectivity index (χ0v) is 25.0. The Morgan fingerprint density at radius 3 is 2.09 bits per heavy atom. The molecule has 2 aromatic rings. The molecule has 9 atom stereocenters. The highest BCUT2D eigenvalue weighted by Crippen LogP contribution is 2.42. The number of aliphatic hydroxyl groups is 2. The van der Waals surface area contributed by atoms with Gasteiger partial charge in [-0.2, -0.15) is 0 Å². The third-order valence-corrected chi connectivity index (χ3v) is 8.69. The van der Waals surface area contributed by atoms with E-state index in [1.807, 2.05) is 60.7 Å². The maximum Gasteiger partial charge on any atom is 0.410 e. The molecule has 0 spiro atoms. The Bertz CT molecular complexity index is 1460. The summed E-state index contributed by atoms with van der Waals surface area (Å²) in [5, 5.41) is 32.7. The largest absolute Gasteiger partial charge is 0.445 e. The summed E-state index contributed by atoms with van der Waals surface area (Å²) in [6.07, 6.45) is -4.16. The lowest BCUT2D eigenvalue weighted by Crippen LogP contribution is -2.59. The molecule has 5 rings (SSSR count). The quantitative estimate of drug-likeness (QED) is 0.170. The molecule has 0 radical (unpaired) electrons. The predicted octanol–water partition coefficient (Wildman–Crippen LogP) is 5.66. The first-order valence-corrected chi connectivity index (χ1v) is 15.2. The van der Waals surface area contributed by atoms with Gasteiger partial charge in [0.2, 0.25) is 0 Å². The van der Waals surface area contributed by atoms with Crippen LogP contribution in [0, 0.1) is 5.92 Å². The molecule has 2 N–H and O–H groups in total. The number of ether oxygens (including phenoxy) is 3. The highest BCUT2D eigenvalue weighted by molar-refractivity contribution is 5.68. The van der Waals surface area contributed by atoms with Crippen molar-refractivity contribution in [1.29, 1.82) is 0 Å². The summed E-state index contributed by atoms with van der Waals surface area (Å²) in [5.41, 5.74) is 29.1. The average Bonchev–Trinajstić information content (AvgIpc) is 3.91. The van der Waals surface area contributed by atoms with E-state index in [9.17, 15) is 26.1 Å². The lowest BCUT2D eigenvalue weighted by Gasteiger charge is -2.45. The second-order valence-electron chi connectivity index (χ2n) is 11.7. The molecule has 16 heteroatoms. The number of rotatable bonds is 12. The van der Waals surface area contributed by atoms with Gasteiger partial charge in [0.25, 0.3) is 0 Å². The molecule has 16 nitrogen and oxygen atoms in total. The van der Waals surface area contributed by atoms with Crippen molar-refractivity contribution < 1.29 is 29.2 Å². The first-order chi connectivity index (χ1) is 22.4. The van der Waals surface area contributed by atoms with E-state index >= 15 is 0 Å². The molecule has 1 saturated heterocycles. The molecule has 2 saturated carbocycles. The van der Waals surface area contributed by atoms with Gasteiger partial charge in [-0.25, -0.2) is 4.79 Å². The summed E-state index contributed by atoms with van der Waals surface area (Å²) in [5.74, 6) is 0.122. The topological polar surface area (TPSA) is 235 Å². The molecular weight excluding hydrogens is 596 g/mol. The van der Waals surface area contributed by atoms with E-state index in [2.05, 4.69) is 30.1 Å². The van der Waals surface area contributed by atoms with Crippen LogP contribution in [0.1, 0.15) is 43.2 Å². The van der Waals surface area contributed by atoms with Crippen LogP contribution in [0.3, 0.4) is 0 Å². The van der Waals surface area contributed by atoms with Crippen LogP contribution in [0.15, 0.2) is 76.0 Å². The van der Waals surface area contributed by atoms with Crippen LogP contribution in [0.4, 0.5) is 4.79 Å². The summed E-state index contributed by atoms with van der Waals surface area (Å²) < 4.78 is 18.5. The van der Waals surface area contributed by atoms with Crippen LogP contribution in [-0.4, -0.2) is 76.1 Å². The smallest absolute Gasteiger partial charge is 0.410 e.